The normalized spacial score (nSPS) is 15.5. The first-order chi connectivity index (χ1) is 7.99. The maximum absolute atomic E-state index is 11.6. The van der Waals surface area contributed by atoms with E-state index in [2.05, 4.69) is 0 Å². The third-order valence-electron chi connectivity index (χ3n) is 2.89. The van der Waals surface area contributed by atoms with E-state index >= 15 is 0 Å². The lowest BCUT2D eigenvalue weighted by Gasteiger charge is -2.39. The van der Waals surface area contributed by atoms with Crippen molar-refractivity contribution in [2.75, 3.05) is 13.1 Å². The number of aromatic carboxylic acids is 1. The third kappa shape index (κ3) is 2.06. The van der Waals surface area contributed by atoms with Crippen LogP contribution in [0.5, 0.6) is 0 Å². The van der Waals surface area contributed by atoms with Gasteiger partial charge >= 0.3 is 5.97 Å². The summed E-state index contributed by atoms with van der Waals surface area (Å²) in [5.74, 6) is -1.11. The molecule has 1 fully saturated rings. The molecule has 0 radical (unpaired) electrons. The summed E-state index contributed by atoms with van der Waals surface area (Å²) in [6, 6.07) is 2.40. The quantitative estimate of drug-likeness (QED) is 0.780. The molecule has 6 nitrogen and oxygen atoms in total. The van der Waals surface area contributed by atoms with Crippen molar-refractivity contribution in [3.05, 3.63) is 34.2 Å². The summed E-state index contributed by atoms with van der Waals surface area (Å²) in [7, 11) is 0. The maximum atomic E-state index is 11.6. The van der Waals surface area contributed by atoms with Gasteiger partial charge in [0.2, 0.25) is 5.91 Å². The minimum absolute atomic E-state index is 0.0383. The second kappa shape index (κ2) is 4.04. The van der Waals surface area contributed by atoms with Crippen molar-refractivity contribution in [2.45, 2.75) is 13.0 Å². The van der Waals surface area contributed by atoms with Gasteiger partial charge in [0.15, 0.2) is 0 Å². The minimum Gasteiger partial charge on any atom is -0.478 e. The second-order valence-corrected chi connectivity index (χ2v) is 4.05. The molecule has 0 saturated carbocycles. The molecule has 0 spiro atoms. The van der Waals surface area contributed by atoms with Crippen molar-refractivity contribution in [1.29, 1.82) is 0 Å². The van der Waals surface area contributed by atoms with Crippen molar-refractivity contribution < 1.29 is 14.7 Å². The lowest BCUT2D eigenvalue weighted by molar-refractivity contribution is -0.134. The fourth-order valence-electron chi connectivity index (χ4n) is 1.80. The summed E-state index contributed by atoms with van der Waals surface area (Å²) >= 11 is 0. The van der Waals surface area contributed by atoms with E-state index in [0.29, 0.717) is 13.1 Å². The fraction of sp³-hybridized carbons (Fsp3) is 0.364. The molecule has 0 bridgehead atoms. The van der Waals surface area contributed by atoms with Crippen molar-refractivity contribution in [1.82, 2.24) is 9.47 Å². The van der Waals surface area contributed by atoms with Crippen molar-refractivity contribution in [2.24, 2.45) is 0 Å². The van der Waals surface area contributed by atoms with Crippen LogP contribution in [0.25, 0.3) is 0 Å². The monoisotopic (exact) mass is 236 g/mol. The van der Waals surface area contributed by atoms with Gasteiger partial charge in [-0.05, 0) is 6.07 Å². The van der Waals surface area contributed by atoms with Gasteiger partial charge in [0.05, 0.1) is 11.6 Å². The van der Waals surface area contributed by atoms with Crippen LogP contribution in [0.4, 0.5) is 0 Å². The van der Waals surface area contributed by atoms with Gasteiger partial charge < -0.3 is 14.6 Å². The number of carbonyl (C=O) groups excluding carboxylic acids is 1. The van der Waals surface area contributed by atoms with Gasteiger partial charge in [-0.2, -0.15) is 0 Å². The Balaban J connectivity index is 2.22. The number of hydrogen-bond donors (Lipinski definition) is 1. The Kier molecular flexibility index (Phi) is 2.71. The molecule has 1 N–H and O–H groups in total. The number of likely N-dealkylation sites (tertiary alicyclic amines) is 1. The summed E-state index contributed by atoms with van der Waals surface area (Å²) < 4.78 is 1.38. The molecule has 0 aliphatic carbocycles. The Bertz CT molecular complexity index is 529. The van der Waals surface area contributed by atoms with E-state index in [4.69, 9.17) is 5.11 Å². The Morgan fingerprint density at radius 3 is 2.53 bits per heavy atom. The molecule has 1 aromatic rings. The van der Waals surface area contributed by atoms with Crippen molar-refractivity contribution in [3.63, 3.8) is 0 Å². The Hall–Kier alpha value is -2.11. The van der Waals surface area contributed by atoms with E-state index < -0.39 is 5.97 Å². The highest BCUT2D eigenvalue weighted by Gasteiger charge is 2.30. The van der Waals surface area contributed by atoms with Crippen LogP contribution in [0.2, 0.25) is 0 Å². The maximum Gasteiger partial charge on any atom is 0.337 e. The number of carboxylic acid groups (broad SMARTS) is 1. The predicted molar refractivity (Wildman–Crippen MR) is 59.0 cm³/mol. The standard InChI is InChI=1S/C11H12N2O4/c1-7(14)12-5-9(6-12)13-4-8(11(16)17)2-3-10(13)15/h2-4,9H,5-6H2,1H3,(H,16,17). The summed E-state index contributed by atoms with van der Waals surface area (Å²) in [6.45, 7) is 2.38. The summed E-state index contributed by atoms with van der Waals surface area (Å²) in [5.41, 5.74) is -0.172. The van der Waals surface area contributed by atoms with Crippen molar-refractivity contribution in [3.8, 4) is 0 Å². The Morgan fingerprint density at radius 2 is 2.00 bits per heavy atom. The van der Waals surface area contributed by atoms with Gasteiger partial charge in [0.1, 0.15) is 0 Å². The lowest BCUT2D eigenvalue weighted by atomic mass is 10.1. The molecule has 90 valence electrons. The molecule has 0 atom stereocenters. The fourth-order valence-corrected chi connectivity index (χ4v) is 1.80. The molecule has 1 aliphatic rings. The van der Waals surface area contributed by atoms with E-state index in [0.717, 1.165) is 0 Å². The van der Waals surface area contributed by atoms with Crippen LogP contribution in [-0.2, 0) is 4.79 Å². The topological polar surface area (TPSA) is 79.6 Å². The number of aromatic nitrogens is 1. The molecule has 2 heterocycles. The zero-order valence-electron chi connectivity index (χ0n) is 9.29. The largest absolute Gasteiger partial charge is 0.478 e. The van der Waals surface area contributed by atoms with Gasteiger partial charge in [-0.25, -0.2) is 4.79 Å². The number of rotatable bonds is 2. The summed E-state index contributed by atoms with van der Waals surface area (Å²) in [6.07, 6.45) is 1.33. The van der Waals surface area contributed by atoms with Gasteiger partial charge in [-0.1, -0.05) is 0 Å². The molecular weight excluding hydrogens is 224 g/mol. The van der Waals surface area contributed by atoms with E-state index in [1.807, 2.05) is 0 Å². The van der Waals surface area contributed by atoms with E-state index in [9.17, 15) is 14.4 Å². The Labute approximate surface area is 97.1 Å². The number of hydrogen-bond acceptors (Lipinski definition) is 3. The van der Waals surface area contributed by atoms with Gasteiger partial charge in [0.25, 0.3) is 5.56 Å². The second-order valence-electron chi connectivity index (χ2n) is 4.05. The van der Waals surface area contributed by atoms with Crippen LogP contribution in [0, 0.1) is 0 Å². The highest BCUT2D eigenvalue weighted by Crippen LogP contribution is 2.19. The number of nitrogens with zero attached hydrogens (tertiary/aromatic N) is 2. The zero-order chi connectivity index (χ0) is 12.6. The molecular formula is C11H12N2O4. The molecule has 1 amide bonds. The lowest BCUT2D eigenvalue weighted by Crippen LogP contribution is -2.52. The first-order valence-corrected chi connectivity index (χ1v) is 5.20. The van der Waals surface area contributed by atoms with Crippen LogP contribution < -0.4 is 5.56 Å². The SMILES string of the molecule is CC(=O)N1CC(n2cc(C(=O)O)ccc2=O)C1. The highest BCUT2D eigenvalue weighted by atomic mass is 16.4. The average molecular weight is 236 g/mol. The van der Waals surface area contributed by atoms with Crippen LogP contribution in [-0.4, -0.2) is 39.5 Å². The van der Waals surface area contributed by atoms with Gasteiger partial charge in [-0.3, -0.25) is 9.59 Å². The highest BCUT2D eigenvalue weighted by molar-refractivity contribution is 5.87. The first-order valence-electron chi connectivity index (χ1n) is 5.20. The summed E-state index contributed by atoms with van der Waals surface area (Å²) in [4.78, 5) is 35.0. The third-order valence-corrected chi connectivity index (χ3v) is 2.89. The molecule has 0 aromatic carbocycles. The summed E-state index contributed by atoms with van der Waals surface area (Å²) in [5, 5.41) is 8.83. The Morgan fingerprint density at radius 1 is 1.35 bits per heavy atom. The van der Waals surface area contributed by atoms with E-state index in [1.165, 1.54) is 29.8 Å². The molecule has 17 heavy (non-hydrogen) atoms. The molecule has 1 saturated heterocycles. The average Bonchev–Trinajstić information content (AvgIpc) is 2.17. The molecule has 2 rings (SSSR count). The van der Waals surface area contributed by atoms with E-state index in [1.54, 1.807) is 4.90 Å². The van der Waals surface area contributed by atoms with E-state index in [-0.39, 0.29) is 23.1 Å². The van der Waals surface area contributed by atoms with Crippen LogP contribution in [0.15, 0.2) is 23.1 Å². The van der Waals surface area contributed by atoms with Crippen LogP contribution in [0.1, 0.15) is 23.3 Å². The smallest absolute Gasteiger partial charge is 0.337 e. The number of pyridine rings is 1. The number of carbonyl (C=O) groups is 2. The van der Waals surface area contributed by atoms with Crippen LogP contribution >= 0.6 is 0 Å². The molecule has 0 unspecified atom stereocenters. The van der Waals surface area contributed by atoms with Gasteiger partial charge in [0, 0.05) is 32.3 Å². The van der Waals surface area contributed by atoms with Crippen LogP contribution in [0.3, 0.4) is 0 Å². The number of carboxylic acids is 1. The molecule has 1 aliphatic heterocycles. The molecule has 1 aromatic heterocycles. The minimum atomic E-state index is -1.07. The van der Waals surface area contributed by atoms with Gasteiger partial charge in [-0.15, -0.1) is 0 Å². The predicted octanol–water partition coefficient (Wildman–Crippen LogP) is -0.0503. The molecule has 6 heteroatoms. The first kappa shape index (κ1) is 11.4. The number of amides is 1. The van der Waals surface area contributed by atoms with Crippen molar-refractivity contribution >= 4 is 11.9 Å². The zero-order valence-corrected chi connectivity index (χ0v) is 9.29.